The molecule has 0 amide bonds. The van der Waals surface area contributed by atoms with Gasteiger partial charge in [-0.15, -0.1) is 11.8 Å². The summed E-state index contributed by atoms with van der Waals surface area (Å²) in [4.78, 5) is 1.34. The molecule has 0 aliphatic carbocycles. The van der Waals surface area contributed by atoms with Gasteiger partial charge >= 0.3 is 0 Å². The molecule has 1 atom stereocenters. The third kappa shape index (κ3) is 2.22. The van der Waals surface area contributed by atoms with Crippen molar-refractivity contribution in [3.05, 3.63) is 24.3 Å². The van der Waals surface area contributed by atoms with E-state index < -0.39 is 0 Å². The number of nitrogens with one attached hydrogen (secondary N) is 1. The normalized spacial score (nSPS) is 20.8. The monoisotopic (exact) mass is 209 g/mol. The zero-order valence-corrected chi connectivity index (χ0v) is 9.14. The molecular weight excluding hydrogens is 194 g/mol. The van der Waals surface area contributed by atoms with E-state index in [9.17, 15) is 0 Å². The van der Waals surface area contributed by atoms with Crippen LogP contribution in [0.4, 0.5) is 5.69 Å². The van der Waals surface area contributed by atoms with Crippen LogP contribution in [0.15, 0.2) is 29.2 Å². The highest BCUT2D eigenvalue weighted by Crippen LogP contribution is 2.34. The highest BCUT2D eigenvalue weighted by atomic mass is 32.2. The number of hydrogen-bond acceptors (Lipinski definition) is 3. The fraction of sp³-hybridized carbons (Fsp3) is 0.455. The first-order valence-corrected chi connectivity index (χ1v) is 5.76. The second-order valence-electron chi connectivity index (χ2n) is 3.41. The molecule has 1 heterocycles. The van der Waals surface area contributed by atoms with Crippen LogP contribution in [0.25, 0.3) is 0 Å². The molecule has 0 saturated carbocycles. The zero-order chi connectivity index (χ0) is 9.80. The Balaban J connectivity index is 2.14. The number of rotatable bonds is 2. The lowest BCUT2D eigenvalue weighted by Gasteiger charge is -2.11. The first kappa shape index (κ1) is 9.87. The number of hydrogen-bond donors (Lipinski definition) is 1. The Bertz CT molecular complexity index is 303. The third-order valence-electron chi connectivity index (χ3n) is 2.32. The minimum atomic E-state index is 0.580. The van der Waals surface area contributed by atoms with Crippen LogP contribution in [0, 0.1) is 0 Å². The number of anilines is 1. The van der Waals surface area contributed by atoms with E-state index in [2.05, 4.69) is 29.6 Å². The van der Waals surface area contributed by atoms with Crippen LogP contribution >= 0.6 is 11.8 Å². The molecule has 0 spiro atoms. The number of para-hydroxylation sites is 1. The van der Waals surface area contributed by atoms with Crippen LogP contribution in [0.5, 0.6) is 0 Å². The molecule has 2 rings (SSSR count). The summed E-state index contributed by atoms with van der Waals surface area (Å²) >= 11 is 1.91. The number of thioether (sulfide) groups is 1. The molecule has 1 aromatic carbocycles. The maximum Gasteiger partial charge on any atom is 0.0585 e. The summed E-state index contributed by atoms with van der Waals surface area (Å²) in [6, 6.07) is 8.46. The van der Waals surface area contributed by atoms with E-state index >= 15 is 0 Å². The predicted octanol–water partition coefficient (Wildman–Crippen LogP) is 2.61. The van der Waals surface area contributed by atoms with Crippen LogP contribution in [-0.2, 0) is 4.74 Å². The number of fused-ring (bicyclic) bond motifs is 1. The second kappa shape index (κ2) is 4.71. The summed E-state index contributed by atoms with van der Waals surface area (Å²) in [7, 11) is 1.77. The Morgan fingerprint density at radius 1 is 1.50 bits per heavy atom. The maximum atomic E-state index is 5.20. The van der Waals surface area contributed by atoms with Gasteiger partial charge in [0.1, 0.15) is 0 Å². The average Bonchev–Trinajstić information content (AvgIpc) is 2.40. The molecule has 1 N–H and O–H groups in total. The van der Waals surface area contributed by atoms with Gasteiger partial charge in [-0.1, -0.05) is 12.1 Å². The van der Waals surface area contributed by atoms with Crippen molar-refractivity contribution in [1.82, 2.24) is 0 Å². The maximum absolute atomic E-state index is 5.20. The van der Waals surface area contributed by atoms with Crippen molar-refractivity contribution in [2.45, 2.75) is 16.6 Å². The van der Waals surface area contributed by atoms with Gasteiger partial charge in [-0.05, 0) is 18.6 Å². The van der Waals surface area contributed by atoms with E-state index in [-0.39, 0.29) is 0 Å². The fourth-order valence-corrected chi connectivity index (χ4v) is 2.85. The Kier molecular flexibility index (Phi) is 3.32. The van der Waals surface area contributed by atoms with Crippen LogP contribution < -0.4 is 5.32 Å². The summed E-state index contributed by atoms with van der Waals surface area (Å²) in [6.45, 7) is 1.87. The average molecular weight is 209 g/mol. The molecular formula is C11H15NOS. The van der Waals surface area contributed by atoms with Crippen molar-refractivity contribution in [3.63, 3.8) is 0 Å². The molecule has 0 fully saturated rings. The second-order valence-corrected chi connectivity index (χ2v) is 4.75. The van der Waals surface area contributed by atoms with Crippen molar-refractivity contribution in [3.8, 4) is 0 Å². The summed E-state index contributed by atoms with van der Waals surface area (Å²) in [6.07, 6.45) is 1.16. The van der Waals surface area contributed by atoms with E-state index in [0.717, 1.165) is 19.6 Å². The molecule has 0 bridgehead atoms. The van der Waals surface area contributed by atoms with Gasteiger partial charge in [-0.3, -0.25) is 0 Å². The topological polar surface area (TPSA) is 21.3 Å². The summed E-state index contributed by atoms with van der Waals surface area (Å²) in [5.41, 5.74) is 1.26. The molecule has 76 valence electrons. The molecule has 1 unspecified atom stereocenters. The summed E-state index contributed by atoms with van der Waals surface area (Å²) in [5, 5.41) is 4.02. The number of methoxy groups -OCH3 is 1. The Morgan fingerprint density at radius 3 is 3.21 bits per heavy atom. The Labute approximate surface area is 89.0 Å². The van der Waals surface area contributed by atoms with Gasteiger partial charge in [-0.25, -0.2) is 0 Å². The molecule has 14 heavy (non-hydrogen) atoms. The summed E-state index contributed by atoms with van der Waals surface area (Å²) < 4.78 is 5.20. The predicted molar refractivity (Wildman–Crippen MR) is 61.1 cm³/mol. The molecule has 0 radical (unpaired) electrons. The van der Waals surface area contributed by atoms with E-state index in [1.807, 2.05) is 11.8 Å². The van der Waals surface area contributed by atoms with E-state index in [1.54, 1.807) is 7.11 Å². The SMILES string of the molecule is COCC1CCNc2ccccc2S1. The van der Waals surface area contributed by atoms with Crippen molar-refractivity contribution in [1.29, 1.82) is 0 Å². The largest absolute Gasteiger partial charge is 0.384 e. The van der Waals surface area contributed by atoms with E-state index in [4.69, 9.17) is 4.74 Å². The number of ether oxygens (including phenoxy) is 1. The van der Waals surface area contributed by atoms with Gasteiger partial charge in [0, 0.05) is 29.5 Å². The van der Waals surface area contributed by atoms with Crippen LogP contribution in [0.2, 0.25) is 0 Å². The highest BCUT2D eigenvalue weighted by molar-refractivity contribution is 8.00. The molecule has 2 nitrogen and oxygen atoms in total. The zero-order valence-electron chi connectivity index (χ0n) is 8.32. The van der Waals surface area contributed by atoms with Crippen molar-refractivity contribution < 1.29 is 4.74 Å². The van der Waals surface area contributed by atoms with Gasteiger partial charge in [0.25, 0.3) is 0 Å². The molecule has 1 aliphatic rings. The standard InChI is InChI=1S/C11H15NOS/c1-13-8-9-6-7-12-10-4-2-3-5-11(10)14-9/h2-5,9,12H,6-8H2,1H3. The van der Waals surface area contributed by atoms with E-state index in [1.165, 1.54) is 10.6 Å². The van der Waals surface area contributed by atoms with E-state index in [0.29, 0.717) is 5.25 Å². The van der Waals surface area contributed by atoms with Gasteiger partial charge in [0.2, 0.25) is 0 Å². The molecule has 0 saturated heterocycles. The van der Waals surface area contributed by atoms with Gasteiger partial charge in [0.05, 0.1) is 6.61 Å². The number of benzene rings is 1. The lowest BCUT2D eigenvalue weighted by molar-refractivity contribution is 0.198. The Hall–Kier alpha value is -0.670. The van der Waals surface area contributed by atoms with Crippen LogP contribution in [-0.4, -0.2) is 25.5 Å². The van der Waals surface area contributed by atoms with Gasteiger partial charge < -0.3 is 10.1 Å². The molecule has 0 aromatic heterocycles. The fourth-order valence-electron chi connectivity index (χ4n) is 1.63. The van der Waals surface area contributed by atoms with Gasteiger partial charge in [-0.2, -0.15) is 0 Å². The van der Waals surface area contributed by atoms with Crippen molar-refractivity contribution in [2.75, 3.05) is 25.6 Å². The van der Waals surface area contributed by atoms with Crippen LogP contribution in [0.1, 0.15) is 6.42 Å². The lowest BCUT2D eigenvalue weighted by atomic mass is 10.3. The smallest absolute Gasteiger partial charge is 0.0585 e. The Morgan fingerprint density at radius 2 is 2.36 bits per heavy atom. The first-order valence-electron chi connectivity index (χ1n) is 4.88. The quantitative estimate of drug-likeness (QED) is 0.809. The minimum absolute atomic E-state index is 0.580. The van der Waals surface area contributed by atoms with Crippen molar-refractivity contribution in [2.24, 2.45) is 0 Å². The molecule has 3 heteroatoms. The minimum Gasteiger partial charge on any atom is -0.384 e. The van der Waals surface area contributed by atoms with Crippen molar-refractivity contribution >= 4 is 17.4 Å². The van der Waals surface area contributed by atoms with Gasteiger partial charge in [0.15, 0.2) is 0 Å². The van der Waals surface area contributed by atoms with Crippen LogP contribution in [0.3, 0.4) is 0 Å². The molecule has 1 aliphatic heterocycles. The lowest BCUT2D eigenvalue weighted by Crippen LogP contribution is -2.12. The third-order valence-corrected chi connectivity index (χ3v) is 3.63. The first-order chi connectivity index (χ1) is 6.90. The molecule has 1 aromatic rings. The highest BCUT2D eigenvalue weighted by Gasteiger charge is 2.15. The summed E-state index contributed by atoms with van der Waals surface area (Å²) in [5.74, 6) is 0.